The first kappa shape index (κ1) is 15.2. The molecule has 2 aromatic heterocycles. The fraction of sp³-hybridized carbons (Fsp3) is 0.533. The number of carbonyl (C=O) groups is 1. The second kappa shape index (κ2) is 6.58. The first-order chi connectivity index (χ1) is 10.6. The molecule has 1 aliphatic rings. The summed E-state index contributed by atoms with van der Waals surface area (Å²) in [5.41, 5.74) is 0. The Morgan fingerprint density at radius 1 is 1.27 bits per heavy atom. The third-order valence-corrected chi connectivity index (χ3v) is 5.20. The molecular weight excluding hydrogens is 298 g/mol. The van der Waals surface area contributed by atoms with Crippen LogP contribution in [0.15, 0.2) is 24.0 Å². The summed E-state index contributed by atoms with van der Waals surface area (Å²) in [5, 5.41) is 3.16. The van der Waals surface area contributed by atoms with E-state index in [4.69, 9.17) is 0 Å². The maximum Gasteiger partial charge on any atom is 0.242 e. The molecule has 0 bridgehead atoms. The van der Waals surface area contributed by atoms with Crippen LogP contribution in [0.5, 0.6) is 0 Å². The molecule has 1 atom stereocenters. The highest BCUT2D eigenvalue weighted by atomic mass is 32.1. The van der Waals surface area contributed by atoms with Crippen LogP contribution in [0.25, 0.3) is 0 Å². The van der Waals surface area contributed by atoms with Gasteiger partial charge < -0.3 is 9.47 Å². The molecule has 0 N–H and O–H groups in total. The first-order valence-corrected chi connectivity index (χ1v) is 8.42. The Morgan fingerprint density at radius 3 is 2.64 bits per heavy atom. The van der Waals surface area contributed by atoms with Crippen LogP contribution in [0.1, 0.15) is 23.8 Å². The smallest absolute Gasteiger partial charge is 0.242 e. The van der Waals surface area contributed by atoms with Crippen LogP contribution in [0.3, 0.4) is 0 Å². The van der Waals surface area contributed by atoms with Gasteiger partial charge in [0.05, 0.1) is 6.04 Å². The van der Waals surface area contributed by atoms with Crippen LogP contribution < -0.4 is 0 Å². The van der Waals surface area contributed by atoms with Gasteiger partial charge in [0.15, 0.2) is 0 Å². The van der Waals surface area contributed by atoms with E-state index in [0.717, 1.165) is 37.0 Å². The number of piperazine rings is 1. The van der Waals surface area contributed by atoms with Crippen molar-refractivity contribution in [3.63, 3.8) is 0 Å². The average Bonchev–Trinajstić information content (AvgIpc) is 3.19. The lowest BCUT2D eigenvalue weighted by molar-refractivity contribution is -0.133. The molecule has 1 fully saturated rings. The van der Waals surface area contributed by atoms with Gasteiger partial charge in [0.25, 0.3) is 0 Å². The molecule has 118 valence electrons. The summed E-state index contributed by atoms with van der Waals surface area (Å²) in [4.78, 5) is 25.3. The van der Waals surface area contributed by atoms with Crippen molar-refractivity contribution in [2.75, 3.05) is 26.2 Å². The summed E-state index contributed by atoms with van der Waals surface area (Å²) in [6, 6.07) is 0.327. The molecule has 1 aliphatic heterocycles. The lowest BCUT2D eigenvalue weighted by Crippen LogP contribution is -2.50. The van der Waals surface area contributed by atoms with Gasteiger partial charge in [0, 0.05) is 50.1 Å². The van der Waals surface area contributed by atoms with Crippen molar-refractivity contribution >= 4 is 17.2 Å². The summed E-state index contributed by atoms with van der Waals surface area (Å²) in [6.45, 7) is 7.84. The van der Waals surface area contributed by atoms with E-state index in [1.54, 1.807) is 17.5 Å². The lowest BCUT2D eigenvalue weighted by atomic mass is 10.2. The molecule has 1 amide bonds. The SMILES string of the molecule is Cc1nccn1CC(=O)N1CCN([C@@H](C)c2nccs2)CC1. The van der Waals surface area contributed by atoms with E-state index in [1.807, 2.05) is 34.2 Å². The van der Waals surface area contributed by atoms with Gasteiger partial charge in [-0.25, -0.2) is 9.97 Å². The predicted molar refractivity (Wildman–Crippen MR) is 85.6 cm³/mol. The zero-order valence-electron chi connectivity index (χ0n) is 13.0. The van der Waals surface area contributed by atoms with Crippen LogP contribution >= 0.6 is 11.3 Å². The average molecular weight is 319 g/mol. The Labute approximate surface area is 134 Å². The van der Waals surface area contributed by atoms with Gasteiger partial charge in [-0.15, -0.1) is 11.3 Å². The number of hydrogen-bond donors (Lipinski definition) is 0. The number of carbonyl (C=O) groups excluding carboxylic acids is 1. The van der Waals surface area contributed by atoms with Gasteiger partial charge in [0.2, 0.25) is 5.91 Å². The molecule has 0 aromatic carbocycles. The molecule has 0 spiro atoms. The van der Waals surface area contributed by atoms with Crippen molar-refractivity contribution in [1.82, 2.24) is 24.3 Å². The second-order valence-electron chi connectivity index (χ2n) is 5.57. The molecule has 1 saturated heterocycles. The molecule has 0 radical (unpaired) electrons. The van der Waals surface area contributed by atoms with Crippen molar-refractivity contribution in [1.29, 1.82) is 0 Å². The van der Waals surface area contributed by atoms with E-state index in [-0.39, 0.29) is 5.91 Å². The molecule has 0 unspecified atom stereocenters. The quantitative estimate of drug-likeness (QED) is 0.858. The molecular formula is C15H21N5OS. The minimum Gasteiger partial charge on any atom is -0.339 e. The zero-order chi connectivity index (χ0) is 15.5. The molecule has 6 nitrogen and oxygen atoms in total. The maximum absolute atomic E-state index is 12.4. The number of aromatic nitrogens is 3. The highest BCUT2D eigenvalue weighted by Gasteiger charge is 2.25. The highest BCUT2D eigenvalue weighted by molar-refractivity contribution is 7.09. The Morgan fingerprint density at radius 2 is 2.05 bits per heavy atom. The zero-order valence-corrected chi connectivity index (χ0v) is 13.8. The monoisotopic (exact) mass is 319 g/mol. The third kappa shape index (κ3) is 3.20. The number of imidazole rings is 1. The molecule has 3 rings (SSSR count). The van der Waals surface area contributed by atoms with Crippen molar-refractivity contribution in [2.45, 2.75) is 26.4 Å². The minimum absolute atomic E-state index is 0.169. The normalized spacial score (nSPS) is 17.6. The summed E-state index contributed by atoms with van der Waals surface area (Å²) < 4.78 is 1.90. The van der Waals surface area contributed by atoms with Crippen LogP contribution in [0.4, 0.5) is 0 Å². The molecule has 3 heterocycles. The second-order valence-corrected chi connectivity index (χ2v) is 6.49. The number of rotatable bonds is 4. The molecule has 22 heavy (non-hydrogen) atoms. The summed E-state index contributed by atoms with van der Waals surface area (Å²) >= 11 is 1.69. The Hall–Kier alpha value is -1.73. The first-order valence-electron chi connectivity index (χ1n) is 7.54. The fourth-order valence-electron chi connectivity index (χ4n) is 2.77. The molecule has 7 heteroatoms. The number of nitrogens with zero attached hydrogens (tertiary/aromatic N) is 5. The van der Waals surface area contributed by atoms with Crippen molar-refractivity contribution in [3.8, 4) is 0 Å². The number of amides is 1. The lowest BCUT2D eigenvalue weighted by Gasteiger charge is -2.37. The number of thiazole rings is 1. The van der Waals surface area contributed by atoms with Gasteiger partial charge in [-0.1, -0.05) is 0 Å². The van der Waals surface area contributed by atoms with Crippen LogP contribution in [0, 0.1) is 6.92 Å². The fourth-order valence-corrected chi connectivity index (χ4v) is 3.50. The van der Waals surface area contributed by atoms with Gasteiger partial charge in [-0.2, -0.15) is 0 Å². The molecule has 0 saturated carbocycles. The molecule has 2 aromatic rings. The van der Waals surface area contributed by atoms with Crippen LogP contribution in [-0.2, 0) is 11.3 Å². The van der Waals surface area contributed by atoms with Crippen LogP contribution in [-0.4, -0.2) is 56.4 Å². The Balaban J connectivity index is 1.53. The van der Waals surface area contributed by atoms with Gasteiger partial charge in [0.1, 0.15) is 17.4 Å². The standard InChI is InChI=1S/C15H21N5OS/c1-12(15-17-4-10-22-15)18-6-8-19(9-7-18)14(21)11-20-5-3-16-13(20)2/h3-5,10,12H,6-9,11H2,1-2H3/t12-/m0/s1. The van der Waals surface area contributed by atoms with E-state index in [9.17, 15) is 4.79 Å². The van der Waals surface area contributed by atoms with Crippen molar-refractivity contribution in [3.05, 3.63) is 34.8 Å². The van der Waals surface area contributed by atoms with Gasteiger partial charge in [-0.05, 0) is 13.8 Å². The number of hydrogen-bond acceptors (Lipinski definition) is 5. The van der Waals surface area contributed by atoms with E-state index in [0.29, 0.717) is 12.6 Å². The summed E-state index contributed by atoms with van der Waals surface area (Å²) in [5.74, 6) is 1.05. The van der Waals surface area contributed by atoms with Crippen molar-refractivity contribution < 1.29 is 4.79 Å². The summed E-state index contributed by atoms with van der Waals surface area (Å²) in [7, 11) is 0. The maximum atomic E-state index is 12.4. The van der Waals surface area contributed by atoms with Crippen molar-refractivity contribution in [2.24, 2.45) is 0 Å². The third-order valence-electron chi connectivity index (χ3n) is 4.25. The van der Waals surface area contributed by atoms with Gasteiger partial charge in [-0.3, -0.25) is 9.69 Å². The van der Waals surface area contributed by atoms with E-state index in [2.05, 4.69) is 21.8 Å². The highest BCUT2D eigenvalue weighted by Crippen LogP contribution is 2.23. The number of aryl methyl sites for hydroxylation is 1. The largest absolute Gasteiger partial charge is 0.339 e. The van der Waals surface area contributed by atoms with Crippen LogP contribution in [0.2, 0.25) is 0 Å². The summed E-state index contributed by atoms with van der Waals surface area (Å²) in [6.07, 6.45) is 5.44. The van der Waals surface area contributed by atoms with E-state index >= 15 is 0 Å². The topological polar surface area (TPSA) is 54.3 Å². The Kier molecular flexibility index (Phi) is 4.54. The van der Waals surface area contributed by atoms with E-state index < -0.39 is 0 Å². The predicted octanol–water partition coefficient (Wildman–Crippen LogP) is 1.55. The minimum atomic E-state index is 0.169. The van der Waals surface area contributed by atoms with E-state index in [1.165, 1.54) is 0 Å². The molecule has 0 aliphatic carbocycles. The van der Waals surface area contributed by atoms with Gasteiger partial charge >= 0.3 is 0 Å². The Bertz CT molecular complexity index is 616.